The van der Waals surface area contributed by atoms with Crippen molar-refractivity contribution in [1.29, 1.82) is 0 Å². The van der Waals surface area contributed by atoms with E-state index >= 15 is 0 Å². The summed E-state index contributed by atoms with van der Waals surface area (Å²) in [5.74, 6) is -0.829. The van der Waals surface area contributed by atoms with Crippen LogP contribution < -0.4 is 62.2 Å². The maximum atomic E-state index is 11.5. The molecule has 0 spiro atoms. The Morgan fingerprint density at radius 2 is 0.863 bits per heavy atom. The number of anilines is 6. The summed E-state index contributed by atoms with van der Waals surface area (Å²) in [6.45, 7) is 9.70. The van der Waals surface area contributed by atoms with E-state index in [4.69, 9.17) is 32.9 Å². The number of carbonyl (C=O) groups is 4. The summed E-state index contributed by atoms with van der Waals surface area (Å²) in [5, 5.41) is 20.4. The summed E-state index contributed by atoms with van der Waals surface area (Å²) in [4.78, 5) is 123. The van der Waals surface area contributed by atoms with Crippen molar-refractivity contribution in [3.63, 3.8) is 0 Å². The molecule has 124 heavy (non-hydrogen) atoms. The zero-order valence-electron chi connectivity index (χ0n) is 68.2. The molecule has 1 amide bonds. The van der Waals surface area contributed by atoms with E-state index in [0.717, 1.165) is 68.5 Å². The number of hydrogen-bond donors (Lipinski definition) is 9. The molecule has 51 heteroatoms. The number of aromatic carboxylic acids is 1. The van der Waals surface area contributed by atoms with E-state index in [1.807, 2.05) is 80.8 Å². The molecule has 0 aliphatic carbocycles. The van der Waals surface area contributed by atoms with E-state index in [9.17, 15) is 19.2 Å². The smallest absolute Gasteiger partial charge is 1.00 e. The summed E-state index contributed by atoms with van der Waals surface area (Å²) >= 11 is 32.3. The van der Waals surface area contributed by atoms with Crippen molar-refractivity contribution in [1.82, 2.24) is 95.3 Å². The van der Waals surface area contributed by atoms with Crippen molar-refractivity contribution in [3.8, 4) is 34.2 Å². The van der Waals surface area contributed by atoms with Gasteiger partial charge in [0.15, 0.2) is 68.7 Å². The maximum absolute atomic E-state index is 11.5. The van der Waals surface area contributed by atoms with Gasteiger partial charge in [0, 0.05) is 109 Å². The third-order valence-corrected chi connectivity index (χ3v) is 20.3. The Labute approximate surface area is 843 Å². The number of nitrogens with two attached hydrogens (primary N) is 6. The van der Waals surface area contributed by atoms with Gasteiger partial charge in [-0.05, 0) is 198 Å². The Morgan fingerprint density at radius 1 is 0.524 bits per heavy atom. The van der Waals surface area contributed by atoms with E-state index in [1.54, 1.807) is 75.8 Å². The Bertz CT molecular complexity index is 4980. The normalized spacial score (nSPS) is 9.29. The van der Waals surface area contributed by atoms with Crippen LogP contribution in [0.2, 0.25) is 0 Å². The number of carboxylic acids is 1. The number of alkyl halides is 1. The van der Waals surface area contributed by atoms with Gasteiger partial charge >= 0.3 is 29.0 Å². The number of nitrogens with zero attached hydrogens (tertiary/aromatic N) is 18. The van der Waals surface area contributed by atoms with Crippen LogP contribution in [0.5, 0.6) is 0 Å². The van der Waals surface area contributed by atoms with Gasteiger partial charge in [0.25, 0.3) is 5.91 Å². The number of Topliss-reactive ketones (excluding diaryl/α,β-unsaturated/α-hetero) is 2. The number of ketones is 2. The van der Waals surface area contributed by atoms with Crippen LogP contribution in [0.15, 0.2) is 166 Å². The molecule has 12 aromatic rings. The van der Waals surface area contributed by atoms with Gasteiger partial charge in [-0.3, -0.25) is 19.2 Å². The van der Waals surface area contributed by atoms with Crippen LogP contribution in [-0.2, 0) is 9.68 Å². The summed E-state index contributed by atoms with van der Waals surface area (Å²) in [6.07, 6.45) is 22.6. The standard InChI is InChI=1S/C15H14BrN5S.C8H7BrN4S2.C8H8N4S2.C8H11N3O2S.C8H11N.C7H7BrN2OS.C7H8N2OS.C6H6N2O2S.C2H7NO.CH4N2S.2CH4.CH3.Br2.2BrH.Mg/c1-8-5-9(2)7-10(6-8)19-15-18-4-3-11(20-15)12-13(16)22-14(17)21-12;1-14-8-11-3-2-4(12-8)5-6(9)15-7(10)13-5;1-13-8-10-3-2-5(12-8)6-4-14-7(9)11-6;1-11(13-2)7(12)6-4-5-9-8(10-6)14-3;1-6-3-7(2)5-8(9)4-6;1-12-7-9-3-2-5(10-7)6(11)4-8;1-5(10)6-3-4-8-7(9-6)11-2;1-11-6-7-3-2-4(8-6)5(9)10;1-3-4-2;2-1(3)4;;;;1-2;;;/h3-7H,1-2H3,(H2,17,21)(H,18,19,20);2-3H,1H3,(H2,10,13);2-4H,1H3,(H2,9,11);4-5H,1-3H3;3-5H,9H2,1-2H3;2-3H,4H2,1H3;3-4H,1-2H3;2-3H,1H3,(H,9,10);3H,1-2H3;(H4,2,3,4);2*1H4;1H3;;2*1H;/q;;;;;;;;;;;;-1;;;;+2/p-1. The largest absolute Gasteiger partial charge is 2.00 e. The SMILES string of the molecule is Br.BrBr.C.C.CNOC.CON(C)C(=O)c1ccnc(SC)n1.CSc1nccc(-c2csc(N)n2)n1.CSc1nccc(-c2nc(N)sc2Br)n1.CSc1nccc(C(=O)CBr)n1.CSc1nccc(C(=O)O)n1.CSc1nccc(C(C)=O)n1.Cc1cc(C)cc(N)c1.Cc1cc(C)cc(Nc2nccc(-c3nc(N)sc3Br)n2)c1.NC(N)=S.[Br-].[CH3-].[Mg+2]. The molecule has 2 aromatic carbocycles. The van der Waals surface area contributed by atoms with E-state index in [1.165, 1.54) is 160 Å². The molecule has 0 aliphatic rings. The van der Waals surface area contributed by atoms with Crippen molar-refractivity contribution < 1.29 is 50.9 Å². The van der Waals surface area contributed by atoms with Gasteiger partial charge in [0.1, 0.15) is 41.7 Å². The number of thiazole rings is 3. The Morgan fingerprint density at radius 3 is 1.22 bits per heavy atom. The first-order chi connectivity index (χ1) is 56.3. The average molecular weight is 2350 g/mol. The zero-order chi connectivity index (χ0) is 88.4. The first kappa shape index (κ1) is 126. The number of rotatable bonds is 18. The van der Waals surface area contributed by atoms with Crippen LogP contribution in [0.3, 0.4) is 0 Å². The van der Waals surface area contributed by atoms with Crippen molar-refractivity contribution >= 4 is 294 Å². The van der Waals surface area contributed by atoms with Gasteiger partial charge in [-0.15, -0.1) is 28.3 Å². The fraction of sp³-hybridized carbons (Fsp3) is 0.247. The molecule has 0 bridgehead atoms. The second kappa shape index (κ2) is 71.8. The Balaban J connectivity index is -0.000000430. The van der Waals surface area contributed by atoms with Crippen LogP contribution in [0, 0.1) is 35.1 Å². The molecule has 0 saturated carbocycles. The summed E-state index contributed by atoms with van der Waals surface area (Å²) in [6, 6.07) is 23.9. The van der Waals surface area contributed by atoms with Gasteiger partial charge in [0.2, 0.25) is 5.95 Å². The third kappa shape index (κ3) is 50.6. The van der Waals surface area contributed by atoms with Crippen LogP contribution in [0.25, 0.3) is 34.2 Å². The first-order valence-corrected chi connectivity index (χ1v) is 49.3. The van der Waals surface area contributed by atoms with Crippen molar-refractivity contribution in [2.45, 2.75) is 80.4 Å². The zero-order valence-corrected chi connectivity index (χ0v) is 89.0. The first-order valence-electron chi connectivity index (χ1n) is 32.6. The predicted molar refractivity (Wildman–Crippen MR) is 541 cm³/mol. The molecule has 0 aliphatic heterocycles. The number of nitrogens with one attached hydrogen (secondary N) is 2. The second-order valence-corrected chi connectivity index (χ2v) is 32.7. The number of carbonyl (C=O) groups excluding carboxylic acids is 3. The molecular formula is C73H95Br7MgN26O7S10. The van der Waals surface area contributed by atoms with Gasteiger partial charge in [0.05, 0.1) is 36.6 Å². The number of nitrogen functional groups attached to an aromatic ring is 4. The number of hydroxylamine groups is 3. The van der Waals surface area contributed by atoms with Crippen molar-refractivity contribution in [2.75, 3.05) is 99.4 Å². The fourth-order valence-electron chi connectivity index (χ4n) is 7.90. The molecule has 10 heterocycles. The van der Waals surface area contributed by atoms with E-state index in [0.29, 0.717) is 64.4 Å². The number of halogens is 7. The van der Waals surface area contributed by atoms with E-state index in [-0.39, 0.29) is 108 Å². The fourth-order valence-corrected chi connectivity index (χ4v) is 13.6. The Kier molecular flexibility index (Phi) is 73.3. The minimum Gasteiger partial charge on any atom is -1.00 e. The molecule has 10 aromatic heterocycles. The van der Waals surface area contributed by atoms with Crippen LogP contribution >= 0.6 is 210 Å². The summed E-state index contributed by atoms with van der Waals surface area (Å²) < 4.78 is 1.76. The van der Waals surface area contributed by atoms with E-state index in [2.05, 4.69) is 238 Å². The predicted octanol–water partition coefficient (Wildman–Crippen LogP) is 15.2. The molecule has 670 valence electrons. The topological polar surface area (TPSA) is 510 Å². The monoisotopic (exact) mass is 2340 g/mol. The van der Waals surface area contributed by atoms with Gasteiger partial charge in [-0.1, -0.05) is 136 Å². The van der Waals surface area contributed by atoms with Crippen LogP contribution in [0.1, 0.15) is 86.0 Å². The summed E-state index contributed by atoms with van der Waals surface area (Å²) in [5.41, 5.74) is 46.7. The number of amides is 1. The molecule has 0 fully saturated rings. The quantitative estimate of drug-likeness (QED) is 0.00443. The van der Waals surface area contributed by atoms with Gasteiger partial charge < -0.3 is 74.1 Å². The minimum atomic E-state index is -1.03. The maximum Gasteiger partial charge on any atom is 2.00 e. The van der Waals surface area contributed by atoms with Gasteiger partial charge in [-0.25, -0.2) is 100 Å². The molecule has 12 rings (SSSR count). The van der Waals surface area contributed by atoms with Crippen LogP contribution in [0.4, 0.5) is 32.7 Å². The number of thioether (sulfide) groups is 6. The molecule has 0 radical (unpaired) electrons. The molecule has 33 nitrogen and oxygen atoms in total. The third-order valence-electron chi connectivity index (χ3n) is 12.7. The van der Waals surface area contributed by atoms with Crippen LogP contribution in [-0.4, -0.2) is 218 Å². The minimum absolute atomic E-state index is 0. The molecule has 0 saturated heterocycles. The number of thiocarbonyl (C=S) groups is 1. The van der Waals surface area contributed by atoms with E-state index < -0.39 is 5.97 Å². The molecule has 0 atom stereocenters. The average Bonchev–Trinajstić information content (AvgIpc) is 1.67. The Hall–Kier alpha value is -6.03. The van der Waals surface area contributed by atoms with Crippen molar-refractivity contribution in [2.24, 2.45) is 11.5 Å². The second-order valence-electron chi connectivity index (χ2n) is 21.4. The number of aromatic nitrogens is 17. The number of aryl methyl sites for hydroxylation is 4. The molecule has 15 N–H and O–H groups in total. The summed E-state index contributed by atoms with van der Waals surface area (Å²) in [7, 11) is 6.23. The van der Waals surface area contributed by atoms with Crippen molar-refractivity contribution in [3.05, 3.63) is 188 Å². The van der Waals surface area contributed by atoms with Gasteiger partial charge in [-0.2, -0.15) is 0 Å². The number of benzene rings is 2. The number of carboxylic acid groups (broad SMARTS) is 1. The molecule has 0 unspecified atom stereocenters. The number of hydrogen-bond acceptors (Lipinski definition) is 39. The molecular weight excluding hydrogens is 2260 g/mol.